The smallest absolute Gasteiger partial charge is 0.258 e. The summed E-state index contributed by atoms with van der Waals surface area (Å²) in [6, 6.07) is 4.74. The highest BCUT2D eigenvalue weighted by Gasteiger charge is 2.16. The zero-order valence-electron chi connectivity index (χ0n) is 15.2. The van der Waals surface area contributed by atoms with Crippen LogP contribution in [-0.4, -0.2) is 50.2 Å². The van der Waals surface area contributed by atoms with Crippen molar-refractivity contribution in [1.29, 1.82) is 0 Å². The number of hydrogen-bond donors (Lipinski definition) is 1. The summed E-state index contributed by atoms with van der Waals surface area (Å²) in [5.41, 5.74) is 1.03. The molecule has 0 spiro atoms. The molecule has 7 nitrogen and oxygen atoms in total. The predicted molar refractivity (Wildman–Crippen MR) is 110 cm³/mol. The lowest BCUT2D eigenvalue weighted by molar-refractivity contribution is 0.102. The standard InChI is InChI=1S/C19H20Cl2N6O/c20-13-4-5-14(16(21)10-13)19(28)25-17-15-11-24-27(18(15)23-12-22-17)9-8-26-6-2-1-3-7-26/h4-5,10-12H,1-3,6-9H2,(H,22,23,25,28). The maximum atomic E-state index is 12.6. The van der Waals surface area contributed by atoms with Crippen LogP contribution in [0, 0.1) is 0 Å². The Labute approximate surface area is 172 Å². The largest absolute Gasteiger partial charge is 0.306 e. The highest BCUT2D eigenvalue weighted by atomic mass is 35.5. The Morgan fingerprint density at radius 2 is 1.93 bits per heavy atom. The van der Waals surface area contributed by atoms with E-state index in [1.807, 2.05) is 4.68 Å². The van der Waals surface area contributed by atoms with Crippen molar-refractivity contribution in [2.75, 3.05) is 25.0 Å². The summed E-state index contributed by atoms with van der Waals surface area (Å²) >= 11 is 12.0. The van der Waals surface area contributed by atoms with Crippen molar-refractivity contribution in [3.63, 3.8) is 0 Å². The van der Waals surface area contributed by atoms with E-state index < -0.39 is 0 Å². The summed E-state index contributed by atoms with van der Waals surface area (Å²) in [6.07, 6.45) is 6.94. The number of rotatable bonds is 5. The number of halogens is 2. The number of nitrogens with zero attached hydrogens (tertiary/aromatic N) is 5. The lowest BCUT2D eigenvalue weighted by Gasteiger charge is -2.26. The monoisotopic (exact) mass is 418 g/mol. The Kier molecular flexibility index (Phi) is 5.75. The Balaban J connectivity index is 1.52. The van der Waals surface area contributed by atoms with Crippen LogP contribution in [0.2, 0.25) is 10.0 Å². The molecule has 28 heavy (non-hydrogen) atoms. The van der Waals surface area contributed by atoms with E-state index in [9.17, 15) is 4.79 Å². The van der Waals surface area contributed by atoms with E-state index >= 15 is 0 Å². The van der Waals surface area contributed by atoms with Gasteiger partial charge in [-0.05, 0) is 44.1 Å². The Morgan fingerprint density at radius 1 is 1.11 bits per heavy atom. The molecule has 0 unspecified atom stereocenters. The first-order valence-corrected chi connectivity index (χ1v) is 10.0. The first kappa shape index (κ1) is 19.1. The fourth-order valence-corrected chi connectivity index (χ4v) is 3.92. The minimum Gasteiger partial charge on any atom is -0.306 e. The van der Waals surface area contributed by atoms with E-state index in [1.165, 1.54) is 31.7 Å². The maximum Gasteiger partial charge on any atom is 0.258 e. The van der Waals surface area contributed by atoms with Crippen LogP contribution in [0.1, 0.15) is 29.6 Å². The van der Waals surface area contributed by atoms with Crippen LogP contribution in [0.25, 0.3) is 11.0 Å². The molecule has 2 aromatic heterocycles. The van der Waals surface area contributed by atoms with Crippen LogP contribution in [0.4, 0.5) is 5.82 Å². The number of fused-ring (bicyclic) bond motifs is 1. The van der Waals surface area contributed by atoms with E-state index in [1.54, 1.807) is 18.3 Å². The second kappa shape index (κ2) is 8.43. The molecule has 1 aliphatic heterocycles. The van der Waals surface area contributed by atoms with Gasteiger partial charge in [0.2, 0.25) is 0 Å². The SMILES string of the molecule is O=C(Nc1ncnc2c1cnn2CCN1CCCCC1)c1ccc(Cl)cc1Cl. The van der Waals surface area contributed by atoms with Gasteiger partial charge < -0.3 is 10.2 Å². The number of amides is 1. The summed E-state index contributed by atoms with van der Waals surface area (Å²) in [5, 5.41) is 8.69. The van der Waals surface area contributed by atoms with Crippen molar-refractivity contribution < 1.29 is 4.79 Å². The van der Waals surface area contributed by atoms with Crippen molar-refractivity contribution in [2.24, 2.45) is 0 Å². The zero-order chi connectivity index (χ0) is 19.5. The van der Waals surface area contributed by atoms with Gasteiger partial charge in [-0.2, -0.15) is 5.10 Å². The highest BCUT2D eigenvalue weighted by molar-refractivity contribution is 6.37. The number of aromatic nitrogens is 4. The lowest BCUT2D eigenvalue weighted by atomic mass is 10.1. The van der Waals surface area contributed by atoms with Crippen LogP contribution < -0.4 is 5.32 Å². The van der Waals surface area contributed by atoms with Crippen LogP contribution in [0.5, 0.6) is 0 Å². The molecule has 0 atom stereocenters. The molecule has 146 valence electrons. The number of nitrogens with one attached hydrogen (secondary N) is 1. The number of hydrogen-bond acceptors (Lipinski definition) is 5. The molecule has 0 radical (unpaired) electrons. The fraction of sp³-hybridized carbons (Fsp3) is 0.368. The third-order valence-corrected chi connectivity index (χ3v) is 5.47. The molecule has 1 aliphatic rings. The molecule has 1 aromatic carbocycles. The van der Waals surface area contributed by atoms with Crippen LogP contribution in [-0.2, 0) is 6.54 Å². The lowest BCUT2D eigenvalue weighted by Crippen LogP contribution is -2.32. The molecule has 0 saturated carbocycles. The van der Waals surface area contributed by atoms with E-state index in [4.69, 9.17) is 23.2 Å². The molecule has 3 aromatic rings. The van der Waals surface area contributed by atoms with Gasteiger partial charge in [0.05, 0.1) is 28.7 Å². The topological polar surface area (TPSA) is 75.9 Å². The highest BCUT2D eigenvalue weighted by Crippen LogP contribution is 2.24. The number of likely N-dealkylation sites (tertiary alicyclic amines) is 1. The van der Waals surface area contributed by atoms with Crippen molar-refractivity contribution in [3.05, 3.63) is 46.3 Å². The number of piperidine rings is 1. The predicted octanol–water partition coefficient (Wildman–Crippen LogP) is 3.87. The summed E-state index contributed by atoms with van der Waals surface area (Å²) < 4.78 is 1.86. The van der Waals surface area contributed by atoms with Gasteiger partial charge in [-0.1, -0.05) is 29.6 Å². The molecule has 1 N–H and O–H groups in total. The van der Waals surface area contributed by atoms with Gasteiger partial charge in [0.15, 0.2) is 5.65 Å². The van der Waals surface area contributed by atoms with E-state index in [-0.39, 0.29) is 10.9 Å². The average molecular weight is 419 g/mol. The fourth-order valence-electron chi connectivity index (χ4n) is 3.42. The molecule has 0 bridgehead atoms. The summed E-state index contributed by atoms with van der Waals surface area (Å²) in [6.45, 7) is 3.95. The van der Waals surface area contributed by atoms with E-state index in [0.717, 1.165) is 26.2 Å². The van der Waals surface area contributed by atoms with Crippen molar-refractivity contribution in [2.45, 2.75) is 25.8 Å². The van der Waals surface area contributed by atoms with Gasteiger partial charge in [-0.15, -0.1) is 0 Å². The third-order valence-electron chi connectivity index (χ3n) is 4.92. The number of carbonyl (C=O) groups excluding carboxylic acids is 1. The Bertz CT molecular complexity index is 999. The van der Waals surface area contributed by atoms with Crippen molar-refractivity contribution in [1.82, 2.24) is 24.6 Å². The second-order valence-electron chi connectivity index (χ2n) is 6.81. The van der Waals surface area contributed by atoms with Crippen LogP contribution in [0.15, 0.2) is 30.7 Å². The minimum absolute atomic E-state index is 0.285. The Hall–Kier alpha value is -2.22. The van der Waals surface area contributed by atoms with E-state index in [2.05, 4.69) is 25.3 Å². The maximum absolute atomic E-state index is 12.6. The molecule has 4 rings (SSSR count). The molecule has 3 heterocycles. The molecule has 0 aliphatic carbocycles. The molecular weight excluding hydrogens is 399 g/mol. The zero-order valence-corrected chi connectivity index (χ0v) is 16.7. The van der Waals surface area contributed by atoms with Gasteiger partial charge in [-0.3, -0.25) is 4.79 Å². The molecule has 1 saturated heterocycles. The third kappa shape index (κ3) is 4.11. The quantitative estimate of drug-likeness (QED) is 0.680. The van der Waals surface area contributed by atoms with Gasteiger partial charge >= 0.3 is 0 Å². The van der Waals surface area contributed by atoms with Gasteiger partial charge in [0.1, 0.15) is 12.1 Å². The van der Waals surface area contributed by atoms with Crippen LogP contribution in [0.3, 0.4) is 0 Å². The van der Waals surface area contributed by atoms with Gasteiger partial charge in [0.25, 0.3) is 5.91 Å². The first-order chi connectivity index (χ1) is 13.6. The summed E-state index contributed by atoms with van der Waals surface area (Å²) in [7, 11) is 0. The number of anilines is 1. The number of benzene rings is 1. The first-order valence-electron chi connectivity index (χ1n) is 9.27. The minimum atomic E-state index is -0.359. The van der Waals surface area contributed by atoms with Crippen molar-refractivity contribution in [3.8, 4) is 0 Å². The Morgan fingerprint density at radius 3 is 2.71 bits per heavy atom. The summed E-state index contributed by atoms with van der Waals surface area (Å²) in [4.78, 5) is 23.6. The molecule has 1 fully saturated rings. The van der Waals surface area contributed by atoms with Crippen LogP contribution >= 0.6 is 23.2 Å². The normalized spacial score (nSPS) is 15.1. The molecule has 9 heteroatoms. The number of carbonyl (C=O) groups is 1. The van der Waals surface area contributed by atoms with E-state index in [0.29, 0.717) is 27.4 Å². The summed E-state index contributed by atoms with van der Waals surface area (Å²) in [5.74, 6) is 0.0490. The second-order valence-corrected chi connectivity index (χ2v) is 7.65. The molecule has 1 amide bonds. The average Bonchev–Trinajstić information content (AvgIpc) is 3.11. The van der Waals surface area contributed by atoms with Gasteiger partial charge in [-0.25, -0.2) is 14.6 Å². The van der Waals surface area contributed by atoms with Gasteiger partial charge in [0, 0.05) is 11.6 Å². The molecular formula is C19H20Cl2N6O. The van der Waals surface area contributed by atoms with Crippen molar-refractivity contribution >= 4 is 46.0 Å².